The third-order valence-electron chi connectivity index (χ3n) is 1.41. The Morgan fingerprint density at radius 3 is 2.25 bits per heavy atom. The maximum Gasteiger partial charge on any atom is 0.119 e. The van der Waals surface area contributed by atoms with Gasteiger partial charge in [-0.15, -0.1) is 11.6 Å². The van der Waals surface area contributed by atoms with Crippen LogP contribution in [0.4, 0.5) is 0 Å². The van der Waals surface area contributed by atoms with Crippen molar-refractivity contribution in [3.8, 4) is 11.5 Å². The van der Waals surface area contributed by atoms with Crippen LogP contribution in [0.1, 0.15) is 0 Å². The molecule has 0 saturated carbocycles. The average molecular weight is 187 g/mol. The van der Waals surface area contributed by atoms with Crippen LogP contribution >= 0.6 is 11.6 Å². The number of hydrogen-bond acceptors (Lipinski definition) is 2. The van der Waals surface area contributed by atoms with Gasteiger partial charge in [-0.3, -0.25) is 0 Å². The lowest BCUT2D eigenvalue weighted by Gasteiger charge is -2.04. The fourth-order valence-corrected chi connectivity index (χ4v) is 0.906. The SMILES string of the molecule is COc1ccc(OCCCl)cc1. The molecule has 0 N–H and O–H groups in total. The van der Waals surface area contributed by atoms with Crippen molar-refractivity contribution in [2.45, 2.75) is 0 Å². The lowest BCUT2D eigenvalue weighted by atomic mass is 10.3. The molecular weight excluding hydrogens is 176 g/mol. The van der Waals surface area contributed by atoms with Gasteiger partial charge in [0.15, 0.2) is 0 Å². The first-order valence-electron chi connectivity index (χ1n) is 3.69. The number of alkyl halides is 1. The molecule has 0 aliphatic carbocycles. The molecule has 0 heterocycles. The molecule has 0 saturated heterocycles. The van der Waals surface area contributed by atoms with Gasteiger partial charge in [0.25, 0.3) is 0 Å². The first-order chi connectivity index (χ1) is 5.86. The van der Waals surface area contributed by atoms with Crippen LogP contribution in [0, 0.1) is 0 Å². The summed E-state index contributed by atoms with van der Waals surface area (Å²) in [6, 6.07) is 7.41. The summed E-state index contributed by atoms with van der Waals surface area (Å²) in [4.78, 5) is 0. The molecule has 2 nitrogen and oxygen atoms in total. The van der Waals surface area contributed by atoms with Gasteiger partial charge in [-0.25, -0.2) is 0 Å². The summed E-state index contributed by atoms with van der Waals surface area (Å²) in [7, 11) is 1.63. The van der Waals surface area contributed by atoms with Crippen LogP contribution < -0.4 is 9.47 Å². The zero-order valence-corrected chi connectivity index (χ0v) is 7.67. The highest BCUT2D eigenvalue weighted by Crippen LogP contribution is 2.16. The summed E-state index contributed by atoms with van der Waals surface area (Å²) >= 11 is 5.46. The number of ether oxygens (including phenoxy) is 2. The van der Waals surface area contributed by atoms with Gasteiger partial charge in [-0.05, 0) is 24.3 Å². The second-order valence-corrected chi connectivity index (χ2v) is 2.59. The Labute approximate surface area is 77.1 Å². The molecule has 1 aromatic rings. The number of rotatable bonds is 4. The van der Waals surface area contributed by atoms with E-state index in [0.29, 0.717) is 12.5 Å². The van der Waals surface area contributed by atoms with Crippen molar-refractivity contribution in [3.63, 3.8) is 0 Å². The van der Waals surface area contributed by atoms with E-state index >= 15 is 0 Å². The fourth-order valence-electron chi connectivity index (χ4n) is 0.828. The molecule has 0 atom stereocenters. The Bertz CT molecular complexity index is 220. The minimum atomic E-state index is 0.506. The first kappa shape index (κ1) is 9.20. The smallest absolute Gasteiger partial charge is 0.119 e. The van der Waals surface area contributed by atoms with E-state index in [2.05, 4.69) is 0 Å². The summed E-state index contributed by atoms with van der Waals surface area (Å²) in [5, 5.41) is 0. The summed E-state index contributed by atoms with van der Waals surface area (Å²) in [6.07, 6.45) is 0. The Morgan fingerprint density at radius 2 is 1.75 bits per heavy atom. The van der Waals surface area contributed by atoms with Crippen molar-refractivity contribution in [1.82, 2.24) is 0 Å². The largest absolute Gasteiger partial charge is 0.497 e. The first-order valence-corrected chi connectivity index (χ1v) is 4.23. The van der Waals surface area contributed by atoms with Gasteiger partial charge in [-0.1, -0.05) is 0 Å². The third-order valence-corrected chi connectivity index (χ3v) is 1.56. The number of benzene rings is 1. The van der Waals surface area contributed by atoms with E-state index in [9.17, 15) is 0 Å². The van der Waals surface area contributed by atoms with Crippen LogP contribution in [0.2, 0.25) is 0 Å². The van der Waals surface area contributed by atoms with Crippen LogP contribution in [-0.2, 0) is 0 Å². The van der Waals surface area contributed by atoms with Crippen LogP contribution in [0.3, 0.4) is 0 Å². The molecule has 12 heavy (non-hydrogen) atoms. The van der Waals surface area contributed by atoms with E-state index in [1.165, 1.54) is 0 Å². The Balaban J connectivity index is 2.53. The van der Waals surface area contributed by atoms with E-state index < -0.39 is 0 Å². The number of hydrogen-bond donors (Lipinski definition) is 0. The fraction of sp³-hybridized carbons (Fsp3) is 0.333. The van der Waals surface area contributed by atoms with Gasteiger partial charge in [0.2, 0.25) is 0 Å². The maximum absolute atomic E-state index is 5.46. The maximum atomic E-state index is 5.46. The van der Waals surface area contributed by atoms with Gasteiger partial charge in [0, 0.05) is 0 Å². The van der Waals surface area contributed by atoms with E-state index in [-0.39, 0.29) is 0 Å². The molecule has 66 valence electrons. The van der Waals surface area contributed by atoms with Crippen molar-refractivity contribution in [1.29, 1.82) is 0 Å². The van der Waals surface area contributed by atoms with Crippen molar-refractivity contribution < 1.29 is 9.47 Å². The van der Waals surface area contributed by atoms with Crippen LogP contribution in [-0.4, -0.2) is 19.6 Å². The van der Waals surface area contributed by atoms with E-state index in [4.69, 9.17) is 21.1 Å². The summed E-state index contributed by atoms with van der Waals surface area (Å²) in [5.41, 5.74) is 0. The van der Waals surface area contributed by atoms with Crippen LogP contribution in [0.25, 0.3) is 0 Å². The Hall–Kier alpha value is -0.890. The normalized spacial score (nSPS) is 9.50. The molecule has 1 aromatic carbocycles. The van der Waals surface area contributed by atoms with Crippen molar-refractivity contribution in [2.75, 3.05) is 19.6 Å². The number of methoxy groups -OCH3 is 1. The highest BCUT2D eigenvalue weighted by atomic mass is 35.5. The summed E-state index contributed by atoms with van der Waals surface area (Å²) < 4.78 is 10.3. The minimum Gasteiger partial charge on any atom is -0.497 e. The minimum absolute atomic E-state index is 0.506. The zero-order valence-electron chi connectivity index (χ0n) is 6.92. The van der Waals surface area contributed by atoms with Gasteiger partial charge in [0.1, 0.15) is 18.1 Å². The summed E-state index contributed by atoms with van der Waals surface area (Å²) in [6.45, 7) is 0.536. The van der Waals surface area contributed by atoms with Gasteiger partial charge in [0.05, 0.1) is 13.0 Å². The van der Waals surface area contributed by atoms with Crippen LogP contribution in [0.5, 0.6) is 11.5 Å². The van der Waals surface area contributed by atoms with Gasteiger partial charge in [-0.2, -0.15) is 0 Å². The lowest BCUT2D eigenvalue weighted by Crippen LogP contribution is -1.97. The molecule has 1 rings (SSSR count). The van der Waals surface area contributed by atoms with Crippen LogP contribution in [0.15, 0.2) is 24.3 Å². The van der Waals surface area contributed by atoms with Gasteiger partial charge >= 0.3 is 0 Å². The van der Waals surface area contributed by atoms with E-state index in [1.54, 1.807) is 7.11 Å². The van der Waals surface area contributed by atoms with E-state index in [0.717, 1.165) is 11.5 Å². The molecular formula is C9H11ClO2. The predicted octanol–water partition coefficient (Wildman–Crippen LogP) is 2.31. The molecule has 0 fully saturated rings. The second-order valence-electron chi connectivity index (χ2n) is 2.21. The van der Waals surface area contributed by atoms with Crippen molar-refractivity contribution in [3.05, 3.63) is 24.3 Å². The molecule has 0 spiro atoms. The quantitative estimate of drug-likeness (QED) is 0.672. The average Bonchev–Trinajstić information content (AvgIpc) is 2.15. The monoisotopic (exact) mass is 186 g/mol. The Morgan fingerprint density at radius 1 is 1.17 bits per heavy atom. The molecule has 0 aliphatic rings. The molecule has 0 aromatic heterocycles. The molecule has 0 amide bonds. The molecule has 0 radical (unpaired) electrons. The van der Waals surface area contributed by atoms with Crippen molar-refractivity contribution in [2.24, 2.45) is 0 Å². The highest BCUT2D eigenvalue weighted by Gasteiger charge is 1.93. The molecule has 3 heteroatoms. The highest BCUT2D eigenvalue weighted by molar-refractivity contribution is 6.17. The lowest BCUT2D eigenvalue weighted by molar-refractivity contribution is 0.341. The van der Waals surface area contributed by atoms with E-state index in [1.807, 2.05) is 24.3 Å². The van der Waals surface area contributed by atoms with Crippen molar-refractivity contribution >= 4 is 11.6 Å². The summed E-state index contributed by atoms with van der Waals surface area (Å²) in [5.74, 6) is 2.15. The predicted molar refractivity (Wildman–Crippen MR) is 49.2 cm³/mol. The topological polar surface area (TPSA) is 18.5 Å². The molecule has 0 aliphatic heterocycles. The molecule has 0 bridgehead atoms. The third kappa shape index (κ3) is 2.62. The number of halogens is 1. The molecule has 0 unspecified atom stereocenters. The van der Waals surface area contributed by atoms with Gasteiger partial charge < -0.3 is 9.47 Å². The second kappa shape index (κ2) is 4.88. The Kier molecular flexibility index (Phi) is 3.74. The standard InChI is InChI=1S/C9H11ClO2/c1-11-8-2-4-9(5-3-8)12-7-6-10/h2-5H,6-7H2,1H3. The zero-order chi connectivity index (χ0) is 8.81.